The molecule has 1 unspecified atom stereocenters. The van der Waals surface area contributed by atoms with Gasteiger partial charge in [-0.05, 0) is 23.6 Å². The number of pyridine rings is 1. The highest BCUT2D eigenvalue weighted by molar-refractivity contribution is 5.22. The van der Waals surface area contributed by atoms with Crippen LogP contribution in [-0.4, -0.2) is 4.98 Å². The number of aromatic nitrogens is 1. The number of nitrogens with zero attached hydrogens (tertiary/aromatic N) is 1. The van der Waals surface area contributed by atoms with Gasteiger partial charge in [-0.1, -0.05) is 30.3 Å². The average molecular weight is 216 g/mol. The second-order valence-corrected chi connectivity index (χ2v) is 3.73. The van der Waals surface area contributed by atoms with E-state index in [2.05, 4.69) is 4.98 Å². The van der Waals surface area contributed by atoms with E-state index >= 15 is 0 Å². The number of halogens is 1. The molecule has 0 aliphatic heterocycles. The third kappa shape index (κ3) is 2.64. The van der Waals surface area contributed by atoms with Crippen LogP contribution in [0, 0.1) is 5.82 Å². The highest BCUT2D eigenvalue weighted by Gasteiger charge is 2.07. The van der Waals surface area contributed by atoms with Gasteiger partial charge in [-0.2, -0.15) is 0 Å². The first-order valence-corrected chi connectivity index (χ1v) is 5.15. The van der Waals surface area contributed by atoms with Crippen molar-refractivity contribution in [3.8, 4) is 0 Å². The van der Waals surface area contributed by atoms with Crippen LogP contribution in [0.3, 0.4) is 0 Å². The quantitative estimate of drug-likeness (QED) is 0.856. The largest absolute Gasteiger partial charge is 0.324 e. The number of benzene rings is 1. The van der Waals surface area contributed by atoms with Crippen molar-refractivity contribution in [2.75, 3.05) is 0 Å². The van der Waals surface area contributed by atoms with Crippen LogP contribution in [0.1, 0.15) is 17.2 Å². The van der Waals surface area contributed by atoms with Crippen LogP contribution in [0.2, 0.25) is 0 Å². The predicted octanol–water partition coefficient (Wildman–Crippen LogP) is 2.46. The van der Waals surface area contributed by atoms with Gasteiger partial charge < -0.3 is 5.73 Å². The van der Waals surface area contributed by atoms with Crippen molar-refractivity contribution in [1.82, 2.24) is 4.98 Å². The summed E-state index contributed by atoms with van der Waals surface area (Å²) in [7, 11) is 0. The maximum atomic E-state index is 12.9. The molecule has 0 radical (unpaired) electrons. The average Bonchev–Trinajstić information content (AvgIpc) is 2.30. The Kier molecular flexibility index (Phi) is 3.27. The fraction of sp³-hybridized carbons (Fsp3) is 0.154. The van der Waals surface area contributed by atoms with Gasteiger partial charge >= 0.3 is 0 Å². The van der Waals surface area contributed by atoms with Gasteiger partial charge in [0.15, 0.2) is 0 Å². The summed E-state index contributed by atoms with van der Waals surface area (Å²) >= 11 is 0. The minimum absolute atomic E-state index is 0.121. The second-order valence-electron chi connectivity index (χ2n) is 3.73. The van der Waals surface area contributed by atoms with Crippen LogP contribution < -0.4 is 5.73 Å². The molecule has 1 atom stereocenters. The summed E-state index contributed by atoms with van der Waals surface area (Å²) < 4.78 is 12.9. The van der Waals surface area contributed by atoms with Gasteiger partial charge in [-0.3, -0.25) is 4.98 Å². The number of nitrogens with two attached hydrogens (primary N) is 1. The van der Waals surface area contributed by atoms with E-state index in [0.717, 1.165) is 11.1 Å². The van der Waals surface area contributed by atoms with E-state index in [1.54, 1.807) is 6.20 Å². The SMILES string of the molecule is NC(Cc1cncc(F)c1)c1ccccc1. The molecule has 0 saturated carbocycles. The summed E-state index contributed by atoms with van der Waals surface area (Å²) in [5.41, 5.74) is 7.89. The highest BCUT2D eigenvalue weighted by Crippen LogP contribution is 2.15. The van der Waals surface area contributed by atoms with Crippen molar-refractivity contribution in [3.63, 3.8) is 0 Å². The lowest BCUT2D eigenvalue weighted by Gasteiger charge is -2.11. The maximum Gasteiger partial charge on any atom is 0.141 e. The molecule has 1 aromatic carbocycles. The van der Waals surface area contributed by atoms with Gasteiger partial charge in [-0.15, -0.1) is 0 Å². The molecule has 3 heteroatoms. The van der Waals surface area contributed by atoms with Gasteiger partial charge in [0, 0.05) is 12.2 Å². The van der Waals surface area contributed by atoms with E-state index in [1.807, 2.05) is 30.3 Å². The monoisotopic (exact) mass is 216 g/mol. The normalized spacial score (nSPS) is 12.4. The van der Waals surface area contributed by atoms with Crippen molar-refractivity contribution in [2.45, 2.75) is 12.5 Å². The molecule has 2 aromatic rings. The third-order valence-corrected chi connectivity index (χ3v) is 2.44. The molecule has 1 aromatic heterocycles. The lowest BCUT2D eigenvalue weighted by molar-refractivity contribution is 0.614. The zero-order valence-corrected chi connectivity index (χ0v) is 8.81. The number of hydrogen-bond donors (Lipinski definition) is 1. The molecule has 0 bridgehead atoms. The van der Waals surface area contributed by atoms with Crippen molar-refractivity contribution in [3.05, 3.63) is 65.7 Å². The van der Waals surface area contributed by atoms with Crippen LogP contribution in [0.5, 0.6) is 0 Å². The fourth-order valence-electron chi connectivity index (χ4n) is 1.64. The first-order valence-electron chi connectivity index (χ1n) is 5.15. The molecule has 2 rings (SSSR count). The summed E-state index contributed by atoms with van der Waals surface area (Å²) in [5.74, 6) is -0.322. The Hall–Kier alpha value is -1.74. The smallest absolute Gasteiger partial charge is 0.141 e. The summed E-state index contributed by atoms with van der Waals surface area (Å²) in [6.07, 6.45) is 3.43. The molecular weight excluding hydrogens is 203 g/mol. The Morgan fingerprint density at radius 1 is 1.19 bits per heavy atom. The molecule has 2 nitrogen and oxygen atoms in total. The van der Waals surface area contributed by atoms with Crippen LogP contribution >= 0.6 is 0 Å². The first kappa shape index (κ1) is 10.8. The molecule has 1 heterocycles. The molecule has 0 saturated heterocycles. The lowest BCUT2D eigenvalue weighted by atomic mass is 10.0. The Bertz CT molecular complexity index is 456. The molecular formula is C13H13FN2. The van der Waals surface area contributed by atoms with Gasteiger partial charge in [0.2, 0.25) is 0 Å². The van der Waals surface area contributed by atoms with E-state index in [4.69, 9.17) is 5.73 Å². The summed E-state index contributed by atoms with van der Waals surface area (Å²) in [5, 5.41) is 0. The predicted molar refractivity (Wildman–Crippen MR) is 61.3 cm³/mol. The Morgan fingerprint density at radius 2 is 1.94 bits per heavy atom. The van der Waals surface area contributed by atoms with E-state index in [9.17, 15) is 4.39 Å². The Labute approximate surface area is 93.9 Å². The standard InChI is InChI=1S/C13H13FN2/c14-12-6-10(8-16-9-12)7-13(15)11-4-2-1-3-5-11/h1-6,8-9,13H,7,15H2. The molecule has 0 spiro atoms. The van der Waals surface area contributed by atoms with Crippen LogP contribution in [-0.2, 0) is 6.42 Å². The van der Waals surface area contributed by atoms with Gasteiger partial charge in [-0.25, -0.2) is 4.39 Å². The molecule has 2 N–H and O–H groups in total. The summed E-state index contributed by atoms with van der Waals surface area (Å²) in [6, 6.07) is 11.1. The molecule has 82 valence electrons. The molecule has 0 fully saturated rings. The van der Waals surface area contributed by atoms with Crippen LogP contribution in [0.25, 0.3) is 0 Å². The maximum absolute atomic E-state index is 12.9. The minimum Gasteiger partial charge on any atom is -0.324 e. The minimum atomic E-state index is -0.322. The molecule has 16 heavy (non-hydrogen) atoms. The van der Waals surface area contributed by atoms with Crippen molar-refractivity contribution in [2.24, 2.45) is 5.73 Å². The second kappa shape index (κ2) is 4.86. The molecule has 0 amide bonds. The summed E-state index contributed by atoms with van der Waals surface area (Å²) in [4.78, 5) is 3.80. The number of hydrogen-bond acceptors (Lipinski definition) is 2. The van der Waals surface area contributed by atoms with Crippen molar-refractivity contribution < 1.29 is 4.39 Å². The summed E-state index contributed by atoms with van der Waals surface area (Å²) in [6.45, 7) is 0. The number of rotatable bonds is 3. The van der Waals surface area contributed by atoms with Gasteiger partial charge in [0.25, 0.3) is 0 Å². The Balaban J connectivity index is 2.11. The Morgan fingerprint density at radius 3 is 2.62 bits per heavy atom. The van der Waals surface area contributed by atoms with E-state index in [-0.39, 0.29) is 11.9 Å². The zero-order chi connectivity index (χ0) is 11.4. The van der Waals surface area contributed by atoms with Crippen LogP contribution in [0.4, 0.5) is 4.39 Å². The van der Waals surface area contributed by atoms with E-state index in [0.29, 0.717) is 6.42 Å². The molecule has 0 aliphatic rings. The molecule has 0 aliphatic carbocycles. The topological polar surface area (TPSA) is 38.9 Å². The first-order chi connectivity index (χ1) is 7.75. The van der Waals surface area contributed by atoms with Gasteiger partial charge in [0.1, 0.15) is 5.82 Å². The lowest BCUT2D eigenvalue weighted by Crippen LogP contribution is -2.13. The third-order valence-electron chi connectivity index (χ3n) is 2.44. The van der Waals surface area contributed by atoms with Gasteiger partial charge in [0.05, 0.1) is 6.20 Å². The van der Waals surface area contributed by atoms with E-state index < -0.39 is 0 Å². The van der Waals surface area contributed by atoms with E-state index in [1.165, 1.54) is 12.3 Å². The zero-order valence-electron chi connectivity index (χ0n) is 8.81. The van der Waals surface area contributed by atoms with Crippen molar-refractivity contribution in [1.29, 1.82) is 0 Å². The van der Waals surface area contributed by atoms with Crippen molar-refractivity contribution >= 4 is 0 Å². The fourth-order valence-corrected chi connectivity index (χ4v) is 1.64. The van der Waals surface area contributed by atoms with Crippen LogP contribution in [0.15, 0.2) is 48.8 Å². The highest BCUT2D eigenvalue weighted by atomic mass is 19.1.